The molecule has 1 N–H and O–H groups in total. The van der Waals surface area contributed by atoms with Crippen LogP contribution in [0.25, 0.3) is 0 Å². The van der Waals surface area contributed by atoms with Crippen molar-refractivity contribution >= 4 is 27.7 Å². The van der Waals surface area contributed by atoms with E-state index < -0.39 is 0 Å². The molecule has 0 bridgehead atoms. The molecule has 1 unspecified atom stereocenters. The molecule has 1 heterocycles. The lowest BCUT2D eigenvalue weighted by atomic mass is 10.2. The third-order valence-corrected chi connectivity index (χ3v) is 3.34. The Morgan fingerprint density at radius 1 is 1.67 bits per heavy atom. The van der Waals surface area contributed by atoms with Crippen molar-refractivity contribution in [2.45, 2.75) is 19.8 Å². The molecule has 86 valence electrons. The summed E-state index contributed by atoms with van der Waals surface area (Å²) in [6.07, 6.45) is 1.48. The Morgan fingerprint density at radius 2 is 2.40 bits per heavy atom. The first-order valence-corrected chi connectivity index (χ1v) is 6.40. The van der Waals surface area contributed by atoms with Gasteiger partial charge < -0.3 is 10.2 Å². The smallest absolute Gasteiger partial charge is 0.239 e. The Hall–Kier alpha value is -0.580. The molecule has 0 spiro atoms. The second-order valence-electron chi connectivity index (χ2n) is 3.85. The van der Waals surface area contributed by atoms with Crippen molar-refractivity contribution in [3.8, 4) is 0 Å². The third kappa shape index (κ3) is 3.81. The second kappa shape index (κ2) is 6.10. The largest absolute Gasteiger partial charge is 0.355 e. The van der Waals surface area contributed by atoms with Crippen molar-refractivity contribution in [3.05, 3.63) is 0 Å². The fourth-order valence-corrected chi connectivity index (χ4v) is 2.04. The highest BCUT2D eigenvalue weighted by Gasteiger charge is 2.29. The van der Waals surface area contributed by atoms with Gasteiger partial charge in [0.15, 0.2) is 0 Å². The first-order valence-electron chi connectivity index (χ1n) is 5.27. The number of halogens is 1. The number of alkyl halides is 1. The number of hydrogen-bond acceptors (Lipinski definition) is 2. The predicted octanol–water partition coefficient (Wildman–Crippen LogP) is 0.756. The van der Waals surface area contributed by atoms with Crippen LogP contribution in [0.2, 0.25) is 0 Å². The third-order valence-electron chi connectivity index (χ3n) is 2.42. The number of likely N-dealkylation sites (tertiary alicyclic amines) is 1. The van der Waals surface area contributed by atoms with Gasteiger partial charge in [0, 0.05) is 24.8 Å². The maximum Gasteiger partial charge on any atom is 0.239 e. The van der Waals surface area contributed by atoms with Gasteiger partial charge in [-0.1, -0.05) is 22.9 Å². The van der Waals surface area contributed by atoms with E-state index in [0.717, 1.165) is 11.8 Å². The van der Waals surface area contributed by atoms with Gasteiger partial charge in [-0.25, -0.2) is 0 Å². The zero-order valence-electron chi connectivity index (χ0n) is 8.96. The molecule has 1 saturated heterocycles. The minimum absolute atomic E-state index is 0.0552. The van der Waals surface area contributed by atoms with Gasteiger partial charge in [-0.05, 0) is 12.3 Å². The summed E-state index contributed by atoms with van der Waals surface area (Å²) in [5.41, 5.74) is 0. The van der Waals surface area contributed by atoms with Crippen LogP contribution < -0.4 is 5.32 Å². The van der Waals surface area contributed by atoms with Gasteiger partial charge in [0.2, 0.25) is 11.8 Å². The molecule has 0 saturated carbocycles. The minimum atomic E-state index is -0.0552. The molecule has 1 fully saturated rings. The van der Waals surface area contributed by atoms with E-state index in [2.05, 4.69) is 21.2 Å². The molecule has 15 heavy (non-hydrogen) atoms. The van der Waals surface area contributed by atoms with E-state index in [0.29, 0.717) is 25.4 Å². The molecule has 2 amide bonds. The highest BCUT2D eigenvalue weighted by molar-refractivity contribution is 9.09. The van der Waals surface area contributed by atoms with E-state index >= 15 is 0 Å². The minimum Gasteiger partial charge on any atom is -0.355 e. The SMILES string of the molecule is CCCNC(=O)CN1CC(CBr)CC1=O. The van der Waals surface area contributed by atoms with Gasteiger partial charge in [-0.15, -0.1) is 0 Å². The molecule has 4 nitrogen and oxygen atoms in total. The highest BCUT2D eigenvalue weighted by Crippen LogP contribution is 2.18. The van der Waals surface area contributed by atoms with Crippen LogP contribution in [0.4, 0.5) is 0 Å². The number of rotatable bonds is 5. The summed E-state index contributed by atoms with van der Waals surface area (Å²) in [5.74, 6) is 0.392. The summed E-state index contributed by atoms with van der Waals surface area (Å²) >= 11 is 3.36. The summed E-state index contributed by atoms with van der Waals surface area (Å²) in [5, 5.41) is 3.59. The number of carbonyl (C=O) groups is 2. The fraction of sp³-hybridized carbons (Fsp3) is 0.800. The van der Waals surface area contributed by atoms with Crippen LogP contribution in [-0.2, 0) is 9.59 Å². The Kier molecular flexibility index (Phi) is 5.08. The molecule has 0 aromatic rings. The maximum atomic E-state index is 11.5. The first-order chi connectivity index (χ1) is 7.17. The van der Waals surface area contributed by atoms with Gasteiger partial charge in [-0.3, -0.25) is 9.59 Å². The molecular weight excluding hydrogens is 260 g/mol. The highest BCUT2D eigenvalue weighted by atomic mass is 79.9. The molecule has 0 aromatic heterocycles. The van der Waals surface area contributed by atoms with Crippen LogP contribution in [-0.4, -0.2) is 41.7 Å². The zero-order valence-corrected chi connectivity index (χ0v) is 10.5. The lowest BCUT2D eigenvalue weighted by Crippen LogP contribution is -2.38. The zero-order chi connectivity index (χ0) is 11.3. The van der Waals surface area contributed by atoms with E-state index in [1.165, 1.54) is 0 Å². The lowest BCUT2D eigenvalue weighted by Gasteiger charge is -2.15. The summed E-state index contributed by atoms with van der Waals surface area (Å²) in [6.45, 7) is 3.59. The van der Waals surface area contributed by atoms with E-state index in [1.54, 1.807) is 4.90 Å². The van der Waals surface area contributed by atoms with Gasteiger partial charge >= 0.3 is 0 Å². The number of nitrogens with zero attached hydrogens (tertiary/aromatic N) is 1. The van der Waals surface area contributed by atoms with Crippen molar-refractivity contribution in [2.75, 3.05) is 25.0 Å². The Balaban J connectivity index is 2.32. The number of hydrogen-bond donors (Lipinski definition) is 1. The van der Waals surface area contributed by atoms with Crippen molar-refractivity contribution < 1.29 is 9.59 Å². The maximum absolute atomic E-state index is 11.5. The summed E-state index contributed by atoms with van der Waals surface area (Å²) < 4.78 is 0. The molecule has 5 heteroatoms. The van der Waals surface area contributed by atoms with Crippen LogP contribution >= 0.6 is 15.9 Å². The quantitative estimate of drug-likeness (QED) is 0.754. The molecule has 0 radical (unpaired) electrons. The monoisotopic (exact) mass is 276 g/mol. The average molecular weight is 277 g/mol. The molecular formula is C10H17BrN2O2. The standard InChI is InChI=1S/C10H17BrN2O2/c1-2-3-12-9(14)7-13-6-8(5-11)4-10(13)15/h8H,2-7H2,1H3,(H,12,14). The van der Waals surface area contributed by atoms with E-state index in [4.69, 9.17) is 0 Å². The topological polar surface area (TPSA) is 49.4 Å². The van der Waals surface area contributed by atoms with Gasteiger partial charge in [0.05, 0.1) is 6.54 Å². The van der Waals surface area contributed by atoms with Crippen LogP contribution in [0.15, 0.2) is 0 Å². The molecule has 1 aliphatic heterocycles. The summed E-state index contributed by atoms with van der Waals surface area (Å²) in [4.78, 5) is 24.5. The van der Waals surface area contributed by atoms with Gasteiger partial charge in [0.1, 0.15) is 0 Å². The molecule has 0 aromatic carbocycles. The Bertz CT molecular complexity index is 246. The number of carbonyl (C=O) groups excluding carboxylic acids is 2. The van der Waals surface area contributed by atoms with Gasteiger partial charge in [-0.2, -0.15) is 0 Å². The predicted molar refractivity (Wildman–Crippen MR) is 61.8 cm³/mol. The summed E-state index contributed by atoms with van der Waals surface area (Å²) in [7, 11) is 0. The van der Waals surface area contributed by atoms with Crippen molar-refractivity contribution in [3.63, 3.8) is 0 Å². The van der Waals surface area contributed by atoms with Gasteiger partial charge in [0.25, 0.3) is 0 Å². The van der Waals surface area contributed by atoms with E-state index in [-0.39, 0.29) is 18.4 Å². The number of amides is 2. The van der Waals surface area contributed by atoms with E-state index in [9.17, 15) is 9.59 Å². The Labute approximate surface area is 98.5 Å². The van der Waals surface area contributed by atoms with Crippen LogP contribution in [0, 0.1) is 5.92 Å². The second-order valence-corrected chi connectivity index (χ2v) is 4.50. The molecule has 1 atom stereocenters. The first kappa shape index (κ1) is 12.5. The Morgan fingerprint density at radius 3 is 2.93 bits per heavy atom. The molecule has 1 rings (SSSR count). The average Bonchev–Trinajstić information content (AvgIpc) is 2.57. The van der Waals surface area contributed by atoms with Crippen LogP contribution in [0.1, 0.15) is 19.8 Å². The van der Waals surface area contributed by atoms with Crippen molar-refractivity contribution in [1.82, 2.24) is 10.2 Å². The summed E-state index contributed by atoms with van der Waals surface area (Å²) in [6, 6.07) is 0. The fourth-order valence-electron chi connectivity index (χ4n) is 1.60. The lowest BCUT2D eigenvalue weighted by molar-refractivity contribution is -0.133. The van der Waals surface area contributed by atoms with Crippen LogP contribution in [0.5, 0.6) is 0 Å². The van der Waals surface area contributed by atoms with E-state index in [1.807, 2.05) is 6.92 Å². The normalized spacial score (nSPS) is 20.8. The van der Waals surface area contributed by atoms with Crippen molar-refractivity contribution in [2.24, 2.45) is 5.92 Å². The molecule has 0 aliphatic carbocycles. The molecule has 1 aliphatic rings. The van der Waals surface area contributed by atoms with Crippen LogP contribution in [0.3, 0.4) is 0 Å². The van der Waals surface area contributed by atoms with Crippen molar-refractivity contribution in [1.29, 1.82) is 0 Å². The number of nitrogens with one attached hydrogen (secondary N) is 1.